The van der Waals surface area contributed by atoms with E-state index >= 15 is 0 Å². The third kappa shape index (κ3) is 6.54. The lowest BCUT2D eigenvalue weighted by atomic mass is 9.90. The second-order valence-corrected chi connectivity index (χ2v) is 8.79. The lowest BCUT2D eigenvalue weighted by Gasteiger charge is -2.23. The Bertz CT molecular complexity index is 1070. The van der Waals surface area contributed by atoms with Gasteiger partial charge in [0.05, 0.1) is 6.61 Å². The molecule has 0 aliphatic heterocycles. The standard InChI is InChI=1S/C31H42N3O2/c1-5-32(6-2)28-15-9-25(10-16-28)31(26-11-17-29(18-12-26)33(7-3)21-23-35)27-13-19-30(20-14-27)34(8-4)22-24-36/h9-20,35-36H,5-8,21-24H2,1-4H3/q+1. The van der Waals surface area contributed by atoms with Crippen LogP contribution in [0.2, 0.25) is 0 Å². The first-order valence-corrected chi connectivity index (χ1v) is 13.2. The van der Waals surface area contributed by atoms with Gasteiger partial charge in [0.25, 0.3) is 0 Å². The lowest BCUT2D eigenvalue weighted by molar-refractivity contribution is -0.525. The molecule has 2 aromatic rings. The molecule has 0 heterocycles. The molecule has 0 amide bonds. The topological polar surface area (TPSA) is 50.0 Å². The third-order valence-electron chi connectivity index (χ3n) is 6.83. The summed E-state index contributed by atoms with van der Waals surface area (Å²) in [6.07, 6.45) is 8.66. The summed E-state index contributed by atoms with van der Waals surface area (Å²) in [5, 5.41) is 18.8. The van der Waals surface area contributed by atoms with Gasteiger partial charge in [0.1, 0.15) is 13.2 Å². The van der Waals surface area contributed by atoms with Crippen molar-refractivity contribution in [3.8, 4) is 0 Å². The van der Waals surface area contributed by atoms with Gasteiger partial charge in [0, 0.05) is 49.7 Å². The molecule has 0 saturated carbocycles. The Morgan fingerprint density at radius 3 is 1.58 bits per heavy atom. The molecule has 0 saturated heterocycles. The molecule has 0 fully saturated rings. The summed E-state index contributed by atoms with van der Waals surface area (Å²) in [5.41, 5.74) is 8.15. The zero-order valence-electron chi connectivity index (χ0n) is 22.3. The lowest BCUT2D eigenvalue weighted by Crippen LogP contribution is -2.25. The van der Waals surface area contributed by atoms with Gasteiger partial charge in [0.2, 0.25) is 0 Å². The van der Waals surface area contributed by atoms with E-state index in [1.54, 1.807) is 0 Å². The number of hydrogen-bond acceptors (Lipinski definition) is 4. The van der Waals surface area contributed by atoms with E-state index in [2.05, 4.69) is 115 Å². The number of aliphatic hydroxyl groups excluding tert-OH is 2. The van der Waals surface area contributed by atoms with Crippen molar-refractivity contribution in [2.24, 2.45) is 0 Å². The van der Waals surface area contributed by atoms with Crippen molar-refractivity contribution in [1.29, 1.82) is 0 Å². The van der Waals surface area contributed by atoms with Crippen LogP contribution < -0.4 is 9.80 Å². The van der Waals surface area contributed by atoms with Crippen LogP contribution in [-0.2, 0) is 0 Å². The van der Waals surface area contributed by atoms with Gasteiger partial charge >= 0.3 is 0 Å². The van der Waals surface area contributed by atoms with Crippen LogP contribution in [-0.4, -0.2) is 73.0 Å². The molecule has 1 aliphatic rings. The van der Waals surface area contributed by atoms with E-state index < -0.39 is 0 Å². The monoisotopic (exact) mass is 488 g/mol. The van der Waals surface area contributed by atoms with Crippen molar-refractivity contribution in [2.75, 3.05) is 62.3 Å². The molecule has 0 spiro atoms. The molecular formula is C31H42N3O2+. The first-order chi connectivity index (χ1) is 17.6. The minimum absolute atomic E-state index is 0.142. The second-order valence-electron chi connectivity index (χ2n) is 8.79. The molecule has 3 rings (SSSR count). The number of rotatable bonds is 12. The van der Waals surface area contributed by atoms with Gasteiger partial charge in [-0.25, -0.2) is 4.58 Å². The number of allylic oxidation sites excluding steroid dienone is 5. The van der Waals surface area contributed by atoms with Crippen LogP contribution in [0.25, 0.3) is 5.57 Å². The van der Waals surface area contributed by atoms with Crippen LogP contribution in [0.5, 0.6) is 0 Å². The molecule has 192 valence electrons. The Morgan fingerprint density at radius 2 is 1.17 bits per heavy atom. The number of likely N-dealkylation sites (N-methyl/N-ethyl adjacent to an activating group) is 2. The fourth-order valence-corrected chi connectivity index (χ4v) is 4.79. The van der Waals surface area contributed by atoms with Crippen molar-refractivity contribution in [3.05, 3.63) is 89.5 Å². The quantitative estimate of drug-likeness (QED) is 0.424. The second kappa shape index (κ2) is 13.8. The molecule has 2 N–H and O–H groups in total. The highest BCUT2D eigenvalue weighted by atomic mass is 16.3. The number of anilines is 2. The molecule has 5 heteroatoms. The van der Waals surface area contributed by atoms with Crippen LogP contribution in [0.3, 0.4) is 0 Å². The van der Waals surface area contributed by atoms with Crippen LogP contribution in [0.1, 0.15) is 38.8 Å². The molecular weight excluding hydrogens is 446 g/mol. The maximum atomic E-state index is 9.41. The molecule has 5 nitrogen and oxygen atoms in total. The van der Waals surface area contributed by atoms with Crippen molar-refractivity contribution in [3.63, 3.8) is 0 Å². The summed E-state index contributed by atoms with van der Waals surface area (Å²) in [5.74, 6) is 0. The predicted octanol–water partition coefficient (Wildman–Crippen LogP) is 4.75. The Hall–Kier alpha value is -3.15. The van der Waals surface area contributed by atoms with Gasteiger partial charge in [-0.05, 0) is 86.4 Å². The summed E-state index contributed by atoms with van der Waals surface area (Å²) in [6, 6.07) is 17.5. The number of benzene rings is 2. The van der Waals surface area contributed by atoms with Crippen LogP contribution in [0, 0.1) is 0 Å². The number of aliphatic hydroxyl groups is 2. The molecule has 0 aromatic heterocycles. The van der Waals surface area contributed by atoms with Crippen molar-refractivity contribution >= 4 is 22.7 Å². The first kappa shape index (κ1) is 27.4. The van der Waals surface area contributed by atoms with E-state index in [1.807, 2.05) is 0 Å². The Labute approximate surface area is 217 Å². The van der Waals surface area contributed by atoms with Gasteiger partial charge in [-0.2, -0.15) is 0 Å². The minimum atomic E-state index is 0.142. The minimum Gasteiger partial charge on any atom is -0.395 e. The number of hydrogen-bond donors (Lipinski definition) is 2. The molecule has 0 atom stereocenters. The van der Waals surface area contributed by atoms with Gasteiger partial charge in [-0.1, -0.05) is 24.3 Å². The fraction of sp³-hybridized carbons (Fsp3) is 0.387. The molecule has 0 bridgehead atoms. The molecule has 0 radical (unpaired) electrons. The fourth-order valence-electron chi connectivity index (χ4n) is 4.79. The van der Waals surface area contributed by atoms with E-state index in [-0.39, 0.29) is 13.2 Å². The molecule has 2 aromatic carbocycles. The van der Waals surface area contributed by atoms with Crippen molar-refractivity contribution in [2.45, 2.75) is 27.7 Å². The Morgan fingerprint density at radius 1 is 0.667 bits per heavy atom. The highest BCUT2D eigenvalue weighted by Crippen LogP contribution is 2.32. The predicted molar refractivity (Wildman–Crippen MR) is 153 cm³/mol. The molecule has 1 aliphatic carbocycles. The highest BCUT2D eigenvalue weighted by Gasteiger charge is 2.16. The van der Waals surface area contributed by atoms with Crippen LogP contribution in [0.4, 0.5) is 11.4 Å². The first-order valence-electron chi connectivity index (χ1n) is 13.2. The van der Waals surface area contributed by atoms with Gasteiger partial charge in [-0.3, -0.25) is 0 Å². The van der Waals surface area contributed by atoms with Gasteiger partial charge in [0.15, 0.2) is 12.3 Å². The van der Waals surface area contributed by atoms with E-state index in [0.717, 1.165) is 48.7 Å². The normalized spacial score (nSPS) is 12.7. The smallest absolute Gasteiger partial charge is 0.199 e. The van der Waals surface area contributed by atoms with Crippen molar-refractivity contribution in [1.82, 2.24) is 0 Å². The van der Waals surface area contributed by atoms with Crippen LogP contribution in [0.15, 0.2) is 78.4 Å². The summed E-state index contributed by atoms with van der Waals surface area (Å²) >= 11 is 0. The van der Waals surface area contributed by atoms with Crippen LogP contribution >= 0.6 is 0 Å². The van der Waals surface area contributed by atoms with Crippen molar-refractivity contribution < 1.29 is 14.8 Å². The van der Waals surface area contributed by atoms with E-state index in [4.69, 9.17) is 0 Å². The zero-order valence-corrected chi connectivity index (χ0v) is 22.3. The maximum absolute atomic E-state index is 9.41. The van der Waals surface area contributed by atoms with Gasteiger partial charge in [-0.15, -0.1) is 0 Å². The summed E-state index contributed by atoms with van der Waals surface area (Å²) < 4.78 is 2.18. The molecule has 0 unspecified atom stereocenters. The Balaban J connectivity index is 2.07. The van der Waals surface area contributed by atoms with E-state index in [0.29, 0.717) is 13.1 Å². The molecule has 36 heavy (non-hydrogen) atoms. The zero-order chi connectivity index (χ0) is 25.9. The Kier molecular flexibility index (Phi) is 10.5. The highest BCUT2D eigenvalue weighted by molar-refractivity contribution is 6.04. The van der Waals surface area contributed by atoms with E-state index in [9.17, 15) is 10.2 Å². The average molecular weight is 489 g/mol. The SMILES string of the molecule is CCN(CC)c1ccc(C(=C2C=CC(=[N+](CC)CCO)C=C2)c2ccc(N(CC)CCO)cc2)cc1. The number of nitrogens with zero attached hydrogens (tertiary/aromatic N) is 3. The van der Waals surface area contributed by atoms with E-state index in [1.165, 1.54) is 16.8 Å². The largest absolute Gasteiger partial charge is 0.395 e. The summed E-state index contributed by atoms with van der Waals surface area (Å²) in [7, 11) is 0. The summed E-state index contributed by atoms with van der Waals surface area (Å²) in [4.78, 5) is 4.53. The maximum Gasteiger partial charge on any atom is 0.199 e. The average Bonchev–Trinajstić information content (AvgIpc) is 2.93. The third-order valence-corrected chi connectivity index (χ3v) is 6.83. The van der Waals surface area contributed by atoms with Gasteiger partial charge < -0.3 is 20.0 Å². The summed E-state index contributed by atoms with van der Waals surface area (Å²) in [6.45, 7) is 13.8.